The topological polar surface area (TPSA) is 77.1 Å². The molecule has 2 atom stereocenters. The molecule has 2 amide bonds. The fourth-order valence-electron chi connectivity index (χ4n) is 3.46. The van der Waals surface area contributed by atoms with Crippen LogP contribution in [-0.4, -0.2) is 63.8 Å². The summed E-state index contributed by atoms with van der Waals surface area (Å²) in [7, 11) is 4.69. The standard InChI is InChI=1S/C19H26N2O5/c1-24-11-18(22)21-9-15(16(10-21)19(23)20-12-4-5-12)14-7-6-13(25-2)8-17(14)26-3/h6-8,12,15-16H,4-5,9-11H2,1-3H3,(H,20,23). The van der Waals surface area contributed by atoms with E-state index in [0.717, 1.165) is 18.4 Å². The molecule has 1 aromatic carbocycles. The number of hydrogen-bond acceptors (Lipinski definition) is 5. The van der Waals surface area contributed by atoms with Gasteiger partial charge < -0.3 is 24.4 Å². The van der Waals surface area contributed by atoms with Crippen molar-refractivity contribution < 1.29 is 23.8 Å². The summed E-state index contributed by atoms with van der Waals surface area (Å²) in [6.45, 7) is 0.873. The van der Waals surface area contributed by atoms with Crippen molar-refractivity contribution in [1.29, 1.82) is 0 Å². The van der Waals surface area contributed by atoms with Crippen molar-refractivity contribution in [2.45, 2.75) is 24.8 Å². The molecule has 3 rings (SSSR count). The second kappa shape index (κ2) is 7.95. The lowest BCUT2D eigenvalue weighted by molar-refractivity contribution is -0.134. The first-order valence-corrected chi connectivity index (χ1v) is 8.86. The molecule has 0 radical (unpaired) electrons. The number of rotatable bonds is 7. The molecule has 1 saturated carbocycles. The van der Waals surface area contributed by atoms with Crippen molar-refractivity contribution in [2.75, 3.05) is 41.0 Å². The van der Waals surface area contributed by atoms with Gasteiger partial charge in [-0.3, -0.25) is 9.59 Å². The fourth-order valence-corrected chi connectivity index (χ4v) is 3.46. The van der Waals surface area contributed by atoms with Crippen molar-refractivity contribution in [3.8, 4) is 11.5 Å². The molecule has 1 aliphatic carbocycles. The SMILES string of the molecule is COCC(=O)N1CC(C(=O)NC2CC2)C(c2ccc(OC)cc2OC)C1. The van der Waals surface area contributed by atoms with Crippen molar-refractivity contribution in [3.63, 3.8) is 0 Å². The van der Waals surface area contributed by atoms with Gasteiger partial charge in [0, 0.05) is 43.8 Å². The molecule has 7 heteroatoms. The molecule has 142 valence electrons. The number of likely N-dealkylation sites (tertiary alicyclic amines) is 1. The van der Waals surface area contributed by atoms with E-state index in [0.29, 0.717) is 24.6 Å². The number of hydrogen-bond donors (Lipinski definition) is 1. The van der Waals surface area contributed by atoms with Gasteiger partial charge in [-0.1, -0.05) is 6.07 Å². The summed E-state index contributed by atoms with van der Waals surface area (Å²) < 4.78 is 15.8. The average Bonchev–Trinajstić information content (AvgIpc) is 3.35. The largest absolute Gasteiger partial charge is 0.497 e. The third kappa shape index (κ3) is 3.93. The number of carbonyl (C=O) groups is 2. The van der Waals surface area contributed by atoms with Gasteiger partial charge >= 0.3 is 0 Å². The Morgan fingerprint density at radius 1 is 1.15 bits per heavy atom. The molecular formula is C19H26N2O5. The molecule has 26 heavy (non-hydrogen) atoms. The number of nitrogens with one attached hydrogen (secondary N) is 1. The monoisotopic (exact) mass is 362 g/mol. The normalized spacial score (nSPS) is 22.2. The number of methoxy groups -OCH3 is 3. The molecule has 2 aliphatic rings. The van der Waals surface area contributed by atoms with Gasteiger partial charge in [0.25, 0.3) is 0 Å². The Balaban J connectivity index is 1.87. The molecule has 7 nitrogen and oxygen atoms in total. The maximum atomic E-state index is 12.8. The molecule has 0 spiro atoms. The maximum absolute atomic E-state index is 12.8. The van der Waals surface area contributed by atoms with E-state index in [4.69, 9.17) is 14.2 Å². The average molecular weight is 362 g/mol. The van der Waals surface area contributed by atoms with E-state index in [-0.39, 0.29) is 36.3 Å². The van der Waals surface area contributed by atoms with Crippen LogP contribution in [0, 0.1) is 5.92 Å². The lowest BCUT2D eigenvalue weighted by Crippen LogP contribution is -2.37. The minimum Gasteiger partial charge on any atom is -0.497 e. The van der Waals surface area contributed by atoms with Gasteiger partial charge in [0.15, 0.2) is 0 Å². The van der Waals surface area contributed by atoms with E-state index in [1.807, 2.05) is 18.2 Å². The Morgan fingerprint density at radius 3 is 2.54 bits per heavy atom. The van der Waals surface area contributed by atoms with E-state index in [1.54, 1.807) is 19.1 Å². The molecule has 1 aromatic rings. The number of amides is 2. The van der Waals surface area contributed by atoms with Crippen molar-refractivity contribution in [3.05, 3.63) is 23.8 Å². The van der Waals surface area contributed by atoms with Crippen LogP contribution in [0.3, 0.4) is 0 Å². The van der Waals surface area contributed by atoms with Crippen LogP contribution >= 0.6 is 0 Å². The van der Waals surface area contributed by atoms with Crippen LogP contribution < -0.4 is 14.8 Å². The number of carbonyl (C=O) groups excluding carboxylic acids is 2. The lowest BCUT2D eigenvalue weighted by Gasteiger charge is -2.20. The summed E-state index contributed by atoms with van der Waals surface area (Å²) in [6, 6.07) is 5.87. The summed E-state index contributed by atoms with van der Waals surface area (Å²) in [4.78, 5) is 26.8. The van der Waals surface area contributed by atoms with Gasteiger partial charge in [0.2, 0.25) is 11.8 Å². The lowest BCUT2D eigenvalue weighted by atomic mass is 9.87. The fraction of sp³-hybridized carbons (Fsp3) is 0.579. The zero-order valence-electron chi connectivity index (χ0n) is 15.5. The number of benzene rings is 1. The van der Waals surface area contributed by atoms with Gasteiger partial charge in [-0.25, -0.2) is 0 Å². The molecule has 2 fully saturated rings. The summed E-state index contributed by atoms with van der Waals surface area (Å²) >= 11 is 0. The number of nitrogens with zero attached hydrogens (tertiary/aromatic N) is 1. The predicted molar refractivity (Wildman–Crippen MR) is 95.4 cm³/mol. The summed E-state index contributed by atoms with van der Waals surface area (Å²) in [5.74, 6) is 0.818. The number of ether oxygens (including phenoxy) is 3. The van der Waals surface area contributed by atoms with Gasteiger partial charge in [-0.15, -0.1) is 0 Å². The highest BCUT2D eigenvalue weighted by Gasteiger charge is 2.42. The molecule has 1 aliphatic heterocycles. The minimum atomic E-state index is -0.307. The Hall–Kier alpha value is -2.28. The van der Waals surface area contributed by atoms with E-state index >= 15 is 0 Å². The smallest absolute Gasteiger partial charge is 0.248 e. The van der Waals surface area contributed by atoms with Crippen molar-refractivity contribution in [2.24, 2.45) is 5.92 Å². The van der Waals surface area contributed by atoms with Gasteiger partial charge in [-0.2, -0.15) is 0 Å². The zero-order valence-corrected chi connectivity index (χ0v) is 15.5. The highest BCUT2D eigenvalue weighted by molar-refractivity contribution is 5.84. The zero-order chi connectivity index (χ0) is 18.7. The van der Waals surface area contributed by atoms with Crippen molar-refractivity contribution >= 4 is 11.8 Å². The maximum Gasteiger partial charge on any atom is 0.248 e. The molecule has 1 heterocycles. The highest BCUT2D eigenvalue weighted by Crippen LogP contribution is 2.39. The van der Waals surface area contributed by atoms with Crippen LogP contribution in [-0.2, 0) is 14.3 Å². The summed E-state index contributed by atoms with van der Waals surface area (Å²) in [5, 5.41) is 3.07. The molecule has 1 saturated heterocycles. The van der Waals surface area contributed by atoms with Crippen LogP contribution in [0.1, 0.15) is 24.3 Å². The third-order valence-electron chi connectivity index (χ3n) is 5.04. The first kappa shape index (κ1) is 18.5. The van der Waals surface area contributed by atoms with Crippen LogP contribution in [0.4, 0.5) is 0 Å². The Bertz CT molecular complexity index is 674. The van der Waals surface area contributed by atoms with Crippen molar-refractivity contribution in [1.82, 2.24) is 10.2 Å². The molecule has 0 bridgehead atoms. The second-order valence-corrected chi connectivity index (χ2v) is 6.84. The highest BCUT2D eigenvalue weighted by atomic mass is 16.5. The molecule has 2 unspecified atom stereocenters. The Kier molecular flexibility index (Phi) is 5.66. The third-order valence-corrected chi connectivity index (χ3v) is 5.04. The minimum absolute atomic E-state index is 0.00286. The Labute approximate surface area is 153 Å². The Morgan fingerprint density at radius 2 is 1.92 bits per heavy atom. The van der Waals surface area contributed by atoms with Gasteiger partial charge in [0.1, 0.15) is 18.1 Å². The van der Waals surface area contributed by atoms with Crippen LogP contribution in [0.15, 0.2) is 18.2 Å². The van der Waals surface area contributed by atoms with E-state index in [9.17, 15) is 9.59 Å². The molecule has 1 N–H and O–H groups in total. The van der Waals surface area contributed by atoms with Crippen LogP contribution in [0.25, 0.3) is 0 Å². The first-order valence-electron chi connectivity index (χ1n) is 8.86. The quantitative estimate of drug-likeness (QED) is 0.788. The van der Waals surface area contributed by atoms with E-state index in [1.165, 1.54) is 7.11 Å². The second-order valence-electron chi connectivity index (χ2n) is 6.84. The van der Waals surface area contributed by atoms with Gasteiger partial charge in [-0.05, 0) is 18.9 Å². The molecular weight excluding hydrogens is 336 g/mol. The summed E-state index contributed by atoms with van der Waals surface area (Å²) in [6.07, 6.45) is 2.06. The van der Waals surface area contributed by atoms with Crippen LogP contribution in [0.2, 0.25) is 0 Å². The van der Waals surface area contributed by atoms with E-state index < -0.39 is 0 Å². The molecule has 0 aromatic heterocycles. The van der Waals surface area contributed by atoms with Gasteiger partial charge in [0.05, 0.1) is 20.1 Å². The van der Waals surface area contributed by atoms with E-state index in [2.05, 4.69) is 5.32 Å². The first-order chi connectivity index (χ1) is 12.6. The predicted octanol–water partition coefficient (Wildman–Crippen LogP) is 1.17. The summed E-state index contributed by atoms with van der Waals surface area (Å²) in [5.41, 5.74) is 0.914. The van der Waals surface area contributed by atoms with Crippen LogP contribution in [0.5, 0.6) is 11.5 Å².